The number of amides is 1. The molecule has 122 valence electrons. The van der Waals surface area contributed by atoms with E-state index in [-0.39, 0.29) is 24.6 Å². The molecular weight excluding hydrogens is 376 g/mol. The van der Waals surface area contributed by atoms with Gasteiger partial charge in [0.25, 0.3) is 11.5 Å². The summed E-state index contributed by atoms with van der Waals surface area (Å²) in [5, 5.41) is 6.97. The smallest absolute Gasteiger partial charge is 0.266 e. The zero-order valence-electron chi connectivity index (χ0n) is 12.5. The molecule has 0 fully saturated rings. The van der Waals surface area contributed by atoms with Gasteiger partial charge in [-0.15, -0.1) is 0 Å². The van der Waals surface area contributed by atoms with Crippen molar-refractivity contribution in [1.29, 1.82) is 0 Å². The van der Waals surface area contributed by atoms with Crippen LogP contribution in [0.15, 0.2) is 62.7 Å². The van der Waals surface area contributed by atoms with E-state index in [4.69, 9.17) is 4.42 Å². The van der Waals surface area contributed by atoms with E-state index < -0.39 is 0 Å². The molecule has 0 aliphatic carbocycles. The lowest BCUT2D eigenvalue weighted by Crippen LogP contribution is -2.32. The van der Waals surface area contributed by atoms with Crippen molar-refractivity contribution in [2.24, 2.45) is 0 Å². The van der Waals surface area contributed by atoms with Gasteiger partial charge in [0.2, 0.25) is 0 Å². The van der Waals surface area contributed by atoms with Crippen molar-refractivity contribution < 1.29 is 9.21 Å². The Morgan fingerprint density at radius 1 is 1.29 bits per heavy atom. The third kappa shape index (κ3) is 3.77. The lowest BCUT2D eigenvalue weighted by molar-refractivity contribution is 0.0951. The minimum absolute atomic E-state index is 0.247. The number of nitrogens with zero attached hydrogens (tertiary/aromatic N) is 3. The number of furan rings is 1. The Bertz CT molecular complexity index is 906. The Hall–Kier alpha value is -2.74. The predicted octanol–water partition coefficient (Wildman–Crippen LogP) is 2.09. The van der Waals surface area contributed by atoms with Crippen LogP contribution in [0.3, 0.4) is 0 Å². The van der Waals surface area contributed by atoms with Crippen molar-refractivity contribution in [1.82, 2.24) is 20.1 Å². The van der Waals surface area contributed by atoms with Gasteiger partial charge in [-0.25, -0.2) is 4.68 Å². The van der Waals surface area contributed by atoms with E-state index in [2.05, 4.69) is 31.3 Å². The molecule has 0 atom stereocenters. The van der Waals surface area contributed by atoms with Crippen molar-refractivity contribution in [2.45, 2.75) is 6.54 Å². The number of carbonyl (C=O) groups excluding carboxylic acids is 1. The molecule has 0 radical (unpaired) electrons. The fourth-order valence-electron chi connectivity index (χ4n) is 2.08. The van der Waals surface area contributed by atoms with Crippen molar-refractivity contribution in [3.63, 3.8) is 0 Å². The van der Waals surface area contributed by atoms with Crippen molar-refractivity contribution in [2.75, 3.05) is 6.54 Å². The number of hydrogen-bond acceptors (Lipinski definition) is 5. The molecular formula is C16H13BrN4O3. The first-order valence-corrected chi connectivity index (χ1v) is 7.93. The highest BCUT2D eigenvalue weighted by molar-refractivity contribution is 9.10. The van der Waals surface area contributed by atoms with E-state index in [1.807, 2.05) is 0 Å². The van der Waals surface area contributed by atoms with E-state index in [0.717, 1.165) is 4.47 Å². The first-order valence-electron chi connectivity index (χ1n) is 7.14. The van der Waals surface area contributed by atoms with Crippen LogP contribution in [-0.2, 0) is 6.54 Å². The van der Waals surface area contributed by atoms with Gasteiger partial charge in [0.05, 0.1) is 18.4 Å². The first kappa shape index (κ1) is 16.1. The molecule has 0 aliphatic heterocycles. The minimum Gasteiger partial charge on any atom is -0.463 e. The van der Waals surface area contributed by atoms with Crippen molar-refractivity contribution in [3.05, 3.63) is 69.4 Å². The van der Waals surface area contributed by atoms with Crippen LogP contribution in [0.4, 0.5) is 0 Å². The van der Waals surface area contributed by atoms with Gasteiger partial charge >= 0.3 is 0 Å². The average Bonchev–Trinajstić information content (AvgIpc) is 3.11. The summed E-state index contributed by atoms with van der Waals surface area (Å²) in [6.45, 7) is 0.514. The fraction of sp³-hybridized carbons (Fsp3) is 0.125. The molecule has 0 spiro atoms. The summed E-state index contributed by atoms with van der Waals surface area (Å²) < 4.78 is 7.28. The number of nitrogens with one attached hydrogen (secondary N) is 1. The van der Waals surface area contributed by atoms with Crippen LogP contribution in [0, 0.1) is 0 Å². The molecule has 0 bridgehead atoms. The minimum atomic E-state index is -0.265. The quantitative estimate of drug-likeness (QED) is 0.722. The van der Waals surface area contributed by atoms with Crippen LogP contribution < -0.4 is 10.9 Å². The molecule has 3 aromatic rings. The Morgan fingerprint density at radius 3 is 2.92 bits per heavy atom. The number of halogens is 1. The summed E-state index contributed by atoms with van der Waals surface area (Å²) in [6, 6.07) is 8.20. The van der Waals surface area contributed by atoms with Gasteiger partial charge in [-0.1, -0.05) is 0 Å². The summed E-state index contributed by atoms with van der Waals surface area (Å²) in [4.78, 5) is 27.8. The van der Waals surface area contributed by atoms with Crippen molar-refractivity contribution >= 4 is 21.8 Å². The van der Waals surface area contributed by atoms with Crippen LogP contribution >= 0.6 is 15.9 Å². The topological polar surface area (TPSA) is 90.0 Å². The highest BCUT2D eigenvalue weighted by Gasteiger charge is 2.08. The second-order valence-electron chi connectivity index (χ2n) is 4.90. The van der Waals surface area contributed by atoms with Crippen LogP contribution in [-0.4, -0.2) is 27.2 Å². The van der Waals surface area contributed by atoms with Gasteiger partial charge < -0.3 is 9.73 Å². The molecule has 0 aromatic carbocycles. The molecule has 0 aliphatic rings. The third-order valence-corrected chi connectivity index (χ3v) is 3.65. The average molecular weight is 389 g/mol. The summed E-state index contributed by atoms with van der Waals surface area (Å²) in [7, 11) is 0. The highest BCUT2D eigenvalue weighted by Crippen LogP contribution is 2.15. The van der Waals surface area contributed by atoms with Crippen LogP contribution in [0.2, 0.25) is 0 Å². The van der Waals surface area contributed by atoms with Crippen LogP contribution in [0.5, 0.6) is 0 Å². The van der Waals surface area contributed by atoms with Crippen molar-refractivity contribution in [3.8, 4) is 11.5 Å². The highest BCUT2D eigenvalue weighted by atomic mass is 79.9. The maximum Gasteiger partial charge on any atom is 0.266 e. The van der Waals surface area contributed by atoms with E-state index in [9.17, 15) is 9.59 Å². The van der Waals surface area contributed by atoms with E-state index in [0.29, 0.717) is 17.0 Å². The maximum atomic E-state index is 12.0. The fourth-order valence-corrected chi connectivity index (χ4v) is 2.44. The first-order chi connectivity index (χ1) is 11.6. The summed E-state index contributed by atoms with van der Waals surface area (Å²) >= 11 is 3.26. The second kappa shape index (κ2) is 7.22. The lowest BCUT2D eigenvalue weighted by atomic mass is 10.3. The third-order valence-electron chi connectivity index (χ3n) is 3.22. The van der Waals surface area contributed by atoms with Gasteiger partial charge in [-0.2, -0.15) is 5.10 Å². The van der Waals surface area contributed by atoms with Gasteiger partial charge in [0, 0.05) is 29.5 Å². The van der Waals surface area contributed by atoms with Gasteiger partial charge in [-0.05, 0) is 40.2 Å². The molecule has 1 amide bonds. The van der Waals surface area contributed by atoms with Crippen LogP contribution in [0.1, 0.15) is 10.4 Å². The van der Waals surface area contributed by atoms with E-state index in [1.165, 1.54) is 16.9 Å². The summed E-state index contributed by atoms with van der Waals surface area (Å²) in [6.07, 6.45) is 4.61. The molecule has 3 heterocycles. The number of pyridine rings is 1. The predicted molar refractivity (Wildman–Crippen MR) is 90.5 cm³/mol. The van der Waals surface area contributed by atoms with Gasteiger partial charge in [0.15, 0.2) is 5.76 Å². The van der Waals surface area contributed by atoms with E-state index >= 15 is 0 Å². The Labute approximate surface area is 145 Å². The molecule has 3 aromatic heterocycles. The zero-order valence-corrected chi connectivity index (χ0v) is 14.1. The standard InChI is InChI=1S/C16H13BrN4O3/c17-12-8-11(9-18-10-12)16(23)19-5-6-21-15(22)4-3-13(20-21)14-2-1-7-24-14/h1-4,7-10H,5-6H2,(H,19,23). The molecule has 8 heteroatoms. The summed E-state index contributed by atoms with van der Waals surface area (Å²) in [5.41, 5.74) is 0.750. The molecule has 1 N–H and O–H groups in total. The zero-order chi connectivity index (χ0) is 16.9. The summed E-state index contributed by atoms with van der Waals surface area (Å²) in [5.74, 6) is 0.312. The number of hydrogen-bond donors (Lipinski definition) is 1. The molecule has 3 rings (SSSR count). The molecule has 0 saturated heterocycles. The molecule has 0 saturated carbocycles. The number of aromatic nitrogens is 3. The molecule has 7 nitrogen and oxygen atoms in total. The monoisotopic (exact) mass is 388 g/mol. The van der Waals surface area contributed by atoms with Crippen LogP contribution in [0.25, 0.3) is 11.5 Å². The van der Waals surface area contributed by atoms with Gasteiger partial charge in [0.1, 0.15) is 5.69 Å². The molecule has 0 unspecified atom stereocenters. The lowest BCUT2D eigenvalue weighted by Gasteiger charge is -2.08. The van der Waals surface area contributed by atoms with E-state index in [1.54, 1.807) is 36.7 Å². The Kier molecular flexibility index (Phi) is 4.85. The molecule has 24 heavy (non-hydrogen) atoms. The normalized spacial score (nSPS) is 10.5. The maximum absolute atomic E-state index is 12.0. The van der Waals surface area contributed by atoms with Gasteiger partial charge in [-0.3, -0.25) is 14.6 Å². The second-order valence-corrected chi connectivity index (χ2v) is 5.82. The largest absolute Gasteiger partial charge is 0.463 e. The number of rotatable bonds is 5. The Balaban J connectivity index is 1.65. The SMILES string of the molecule is O=C(NCCn1nc(-c2ccco2)ccc1=O)c1cncc(Br)c1. The number of carbonyl (C=O) groups is 1. The Morgan fingerprint density at radius 2 is 2.17 bits per heavy atom.